The van der Waals surface area contributed by atoms with Crippen LogP contribution in [0.5, 0.6) is 0 Å². The molecule has 3 nitrogen and oxygen atoms in total. The van der Waals surface area contributed by atoms with Gasteiger partial charge in [0, 0.05) is 11.3 Å². The fourth-order valence-corrected chi connectivity index (χ4v) is 3.29. The second-order valence-corrected chi connectivity index (χ2v) is 6.06. The van der Waals surface area contributed by atoms with Gasteiger partial charge in [0.1, 0.15) is 0 Å². The molecule has 0 spiro atoms. The van der Waals surface area contributed by atoms with Gasteiger partial charge in [-0.15, -0.1) is 6.42 Å². The zero-order valence-electron chi connectivity index (χ0n) is 12.5. The van der Waals surface area contributed by atoms with Crippen molar-refractivity contribution in [3.05, 3.63) is 44.9 Å². The van der Waals surface area contributed by atoms with Gasteiger partial charge in [0.05, 0.1) is 5.69 Å². The molecule has 1 aromatic heterocycles. The Morgan fingerprint density at radius 2 is 2.24 bits per heavy atom. The molecule has 1 aliphatic rings. The number of nitrogens with one attached hydrogen (secondary N) is 1. The standard InChI is InChI=1S/C17H20N2OS/c1-4-8-13(12(3)5-2)11-21-17-18-15-10-7-6-9-14(15)16(20)19-17/h1,5,8H,6-7,9-11H2,2-3H3,(H,18,19,20)/b12-5-,13-8-. The highest BCUT2D eigenvalue weighted by atomic mass is 32.2. The number of aryl methyl sites for hydroxylation is 1. The van der Waals surface area contributed by atoms with E-state index in [1.54, 1.807) is 6.08 Å². The van der Waals surface area contributed by atoms with Crippen LogP contribution in [-0.4, -0.2) is 15.7 Å². The molecule has 0 atom stereocenters. The van der Waals surface area contributed by atoms with Crippen molar-refractivity contribution in [2.75, 3.05) is 5.75 Å². The maximum Gasteiger partial charge on any atom is 0.254 e. The molecule has 0 aromatic carbocycles. The van der Waals surface area contributed by atoms with E-state index in [1.165, 1.54) is 11.8 Å². The van der Waals surface area contributed by atoms with Crippen LogP contribution in [0.15, 0.2) is 33.2 Å². The fourth-order valence-electron chi connectivity index (χ4n) is 2.35. The van der Waals surface area contributed by atoms with E-state index in [2.05, 4.69) is 15.9 Å². The third-order valence-electron chi connectivity index (χ3n) is 3.73. The highest BCUT2D eigenvalue weighted by Crippen LogP contribution is 2.22. The van der Waals surface area contributed by atoms with Crippen LogP contribution in [0.2, 0.25) is 0 Å². The monoisotopic (exact) mass is 300 g/mol. The van der Waals surface area contributed by atoms with Crippen LogP contribution in [0.1, 0.15) is 37.9 Å². The quantitative estimate of drug-likeness (QED) is 0.402. The van der Waals surface area contributed by atoms with E-state index in [0.29, 0.717) is 10.9 Å². The molecule has 0 saturated carbocycles. The SMILES string of the molecule is C#C/C=C(CSc1nc2c(c(=O)[nH]1)CCCC2)\C(C)=C/C. The lowest BCUT2D eigenvalue weighted by molar-refractivity contribution is 0.641. The van der Waals surface area contributed by atoms with E-state index in [0.717, 1.165) is 48.1 Å². The van der Waals surface area contributed by atoms with Crippen LogP contribution in [0.3, 0.4) is 0 Å². The van der Waals surface area contributed by atoms with Gasteiger partial charge in [-0.1, -0.05) is 29.3 Å². The van der Waals surface area contributed by atoms with E-state index in [4.69, 9.17) is 6.42 Å². The molecule has 0 amide bonds. The average molecular weight is 300 g/mol. The Morgan fingerprint density at radius 3 is 2.95 bits per heavy atom. The molecule has 1 aromatic rings. The molecule has 0 aliphatic heterocycles. The highest BCUT2D eigenvalue weighted by molar-refractivity contribution is 7.99. The molecule has 2 rings (SSSR count). The smallest absolute Gasteiger partial charge is 0.254 e. The summed E-state index contributed by atoms with van der Waals surface area (Å²) in [4.78, 5) is 19.6. The minimum absolute atomic E-state index is 0.0208. The molecule has 4 heteroatoms. The molecule has 0 bridgehead atoms. The molecule has 1 aliphatic carbocycles. The summed E-state index contributed by atoms with van der Waals surface area (Å²) in [6, 6.07) is 0. The molecular formula is C17H20N2OS. The van der Waals surface area contributed by atoms with Gasteiger partial charge in [0.15, 0.2) is 5.16 Å². The minimum Gasteiger partial charge on any atom is -0.301 e. The lowest BCUT2D eigenvalue weighted by Crippen LogP contribution is -2.21. The van der Waals surface area contributed by atoms with Gasteiger partial charge in [-0.25, -0.2) is 4.98 Å². The second kappa shape index (κ2) is 7.33. The number of terminal acetylenes is 1. The van der Waals surface area contributed by atoms with Crippen LogP contribution in [0, 0.1) is 12.3 Å². The summed E-state index contributed by atoms with van der Waals surface area (Å²) in [7, 11) is 0. The lowest BCUT2D eigenvalue weighted by Gasteiger charge is -2.14. The van der Waals surface area contributed by atoms with Crippen molar-refractivity contribution in [3.63, 3.8) is 0 Å². The Labute approximate surface area is 130 Å². The summed E-state index contributed by atoms with van der Waals surface area (Å²) in [5, 5.41) is 0.687. The van der Waals surface area contributed by atoms with Gasteiger partial charge in [-0.2, -0.15) is 0 Å². The molecule has 0 unspecified atom stereocenters. The van der Waals surface area contributed by atoms with Crippen molar-refractivity contribution in [2.24, 2.45) is 0 Å². The number of aromatic nitrogens is 2. The topological polar surface area (TPSA) is 45.8 Å². The van der Waals surface area contributed by atoms with Gasteiger partial charge in [-0.3, -0.25) is 4.79 Å². The molecule has 110 valence electrons. The first kappa shape index (κ1) is 15.7. The Morgan fingerprint density at radius 1 is 1.48 bits per heavy atom. The van der Waals surface area contributed by atoms with Crippen LogP contribution in [0.4, 0.5) is 0 Å². The van der Waals surface area contributed by atoms with E-state index < -0.39 is 0 Å². The lowest BCUT2D eigenvalue weighted by atomic mass is 9.97. The Balaban J connectivity index is 2.17. The van der Waals surface area contributed by atoms with E-state index in [9.17, 15) is 4.79 Å². The number of hydrogen-bond donors (Lipinski definition) is 1. The summed E-state index contributed by atoms with van der Waals surface area (Å²) >= 11 is 1.53. The first-order valence-electron chi connectivity index (χ1n) is 7.19. The number of nitrogens with zero attached hydrogens (tertiary/aromatic N) is 1. The zero-order chi connectivity index (χ0) is 15.2. The number of rotatable bonds is 4. The zero-order valence-corrected chi connectivity index (χ0v) is 13.3. The van der Waals surface area contributed by atoms with E-state index in [1.807, 2.05) is 19.9 Å². The Kier molecular flexibility index (Phi) is 5.46. The Hall–Kier alpha value is -1.73. The Bertz CT molecular complexity index is 677. The second-order valence-electron chi connectivity index (χ2n) is 5.10. The molecule has 0 fully saturated rings. The molecule has 1 N–H and O–H groups in total. The van der Waals surface area contributed by atoms with Gasteiger partial charge >= 0.3 is 0 Å². The first-order chi connectivity index (χ1) is 10.2. The van der Waals surface area contributed by atoms with Crippen molar-refractivity contribution >= 4 is 11.8 Å². The van der Waals surface area contributed by atoms with E-state index in [-0.39, 0.29) is 5.56 Å². The summed E-state index contributed by atoms with van der Waals surface area (Å²) < 4.78 is 0. The molecule has 21 heavy (non-hydrogen) atoms. The number of allylic oxidation sites excluding steroid dienone is 3. The van der Waals surface area contributed by atoms with Crippen molar-refractivity contribution < 1.29 is 0 Å². The number of H-pyrrole nitrogens is 1. The molecule has 0 radical (unpaired) electrons. The van der Waals surface area contributed by atoms with Crippen LogP contribution >= 0.6 is 11.8 Å². The summed E-state index contributed by atoms with van der Waals surface area (Å²) in [5.74, 6) is 3.28. The van der Waals surface area contributed by atoms with E-state index >= 15 is 0 Å². The van der Waals surface area contributed by atoms with Crippen LogP contribution < -0.4 is 5.56 Å². The fraction of sp³-hybridized carbons (Fsp3) is 0.412. The van der Waals surface area contributed by atoms with Gasteiger partial charge < -0.3 is 4.98 Å². The predicted molar refractivity (Wildman–Crippen MR) is 88.6 cm³/mol. The number of hydrogen-bond acceptors (Lipinski definition) is 3. The van der Waals surface area contributed by atoms with Crippen molar-refractivity contribution in [2.45, 2.75) is 44.7 Å². The summed E-state index contributed by atoms with van der Waals surface area (Å²) in [6.07, 6.45) is 13.1. The normalized spacial score (nSPS) is 15.5. The third-order valence-corrected chi connectivity index (χ3v) is 4.65. The number of fused-ring (bicyclic) bond motifs is 1. The van der Waals surface area contributed by atoms with Crippen molar-refractivity contribution in [1.29, 1.82) is 0 Å². The molecule has 1 heterocycles. The first-order valence-corrected chi connectivity index (χ1v) is 8.17. The number of thioether (sulfide) groups is 1. The van der Waals surface area contributed by atoms with Crippen molar-refractivity contribution in [1.82, 2.24) is 9.97 Å². The maximum absolute atomic E-state index is 12.1. The maximum atomic E-state index is 12.1. The summed E-state index contributed by atoms with van der Waals surface area (Å²) in [5.41, 5.74) is 4.10. The van der Waals surface area contributed by atoms with Gasteiger partial charge in [-0.05, 0) is 51.2 Å². The van der Waals surface area contributed by atoms with Crippen LogP contribution in [0.25, 0.3) is 0 Å². The summed E-state index contributed by atoms with van der Waals surface area (Å²) in [6.45, 7) is 4.02. The van der Waals surface area contributed by atoms with Crippen molar-refractivity contribution in [3.8, 4) is 12.3 Å². The number of aromatic amines is 1. The largest absolute Gasteiger partial charge is 0.301 e. The third kappa shape index (κ3) is 3.89. The van der Waals surface area contributed by atoms with Crippen LogP contribution in [-0.2, 0) is 12.8 Å². The average Bonchev–Trinajstić information content (AvgIpc) is 2.50. The highest BCUT2D eigenvalue weighted by Gasteiger charge is 2.15. The van der Waals surface area contributed by atoms with Gasteiger partial charge in [0.25, 0.3) is 5.56 Å². The minimum atomic E-state index is 0.0208. The molecular weight excluding hydrogens is 280 g/mol. The molecule has 0 saturated heterocycles. The van der Waals surface area contributed by atoms with Gasteiger partial charge in [0.2, 0.25) is 0 Å². The predicted octanol–water partition coefficient (Wildman–Crippen LogP) is 3.27.